The van der Waals surface area contributed by atoms with Gasteiger partial charge in [-0.15, -0.1) is 0 Å². The molecule has 7 heteroatoms. The van der Waals surface area contributed by atoms with Gasteiger partial charge in [-0.05, 0) is 25.1 Å². The molecular formula is C20H28ClN3O3. The van der Waals surface area contributed by atoms with E-state index in [1.54, 1.807) is 12.0 Å². The molecule has 0 bridgehead atoms. The second kappa shape index (κ2) is 9.04. The number of hydrogen-bond acceptors (Lipinski definition) is 4. The lowest BCUT2D eigenvalue weighted by Gasteiger charge is -2.43. The highest BCUT2D eigenvalue weighted by atomic mass is 35.5. The molecule has 2 aliphatic heterocycles. The fourth-order valence-electron chi connectivity index (χ4n) is 4.03. The van der Waals surface area contributed by atoms with Gasteiger partial charge in [0.1, 0.15) is 0 Å². The highest BCUT2D eigenvalue weighted by Gasteiger charge is 2.42. The van der Waals surface area contributed by atoms with E-state index < -0.39 is 0 Å². The van der Waals surface area contributed by atoms with Crippen LogP contribution in [0.5, 0.6) is 0 Å². The number of halogens is 1. The molecule has 2 saturated heterocycles. The van der Waals surface area contributed by atoms with Crippen LogP contribution in [0, 0.1) is 5.92 Å². The molecule has 0 aromatic heterocycles. The highest BCUT2D eigenvalue weighted by Crippen LogP contribution is 2.40. The number of likely N-dealkylation sites (tertiary alicyclic amines) is 1. The minimum atomic E-state index is -0.345. The molecule has 148 valence electrons. The first-order valence-electron chi connectivity index (χ1n) is 9.53. The third kappa shape index (κ3) is 4.45. The Morgan fingerprint density at radius 1 is 1.22 bits per heavy atom. The quantitative estimate of drug-likeness (QED) is 0.768. The van der Waals surface area contributed by atoms with Crippen molar-refractivity contribution in [2.24, 2.45) is 5.92 Å². The van der Waals surface area contributed by atoms with Crippen molar-refractivity contribution in [3.05, 3.63) is 34.9 Å². The van der Waals surface area contributed by atoms with Gasteiger partial charge in [-0.2, -0.15) is 0 Å². The van der Waals surface area contributed by atoms with Crippen LogP contribution in [0.3, 0.4) is 0 Å². The Balaban J connectivity index is 1.91. The molecule has 1 aromatic carbocycles. The standard InChI is InChI=1S/C20H28ClN3O3/c1-22-9-11-23(12-10-22)20(26)16-7-8-18(25)24(13-14-27-2)19(16)15-5-3-4-6-17(15)21/h3-6,16,19H,7-14H2,1-2H3/t16-,19+/m1/s1. The van der Waals surface area contributed by atoms with Crippen molar-refractivity contribution in [2.75, 3.05) is 53.5 Å². The summed E-state index contributed by atoms with van der Waals surface area (Å²) in [6, 6.07) is 7.18. The lowest BCUT2D eigenvalue weighted by Crippen LogP contribution is -2.53. The summed E-state index contributed by atoms with van der Waals surface area (Å²) in [6.45, 7) is 4.10. The molecular weight excluding hydrogens is 366 g/mol. The summed E-state index contributed by atoms with van der Waals surface area (Å²) < 4.78 is 5.20. The van der Waals surface area contributed by atoms with Crippen LogP contribution in [0.4, 0.5) is 0 Å². The molecule has 2 amide bonds. The average molecular weight is 394 g/mol. The number of carbonyl (C=O) groups is 2. The monoisotopic (exact) mass is 393 g/mol. The van der Waals surface area contributed by atoms with Gasteiger partial charge in [0.05, 0.1) is 18.6 Å². The zero-order valence-corrected chi connectivity index (χ0v) is 16.8. The lowest BCUT2D eigenvalue weighted by atomic mass is 9.83. The van der Waals surface area contributed by atoms with E-state index in [-0.39, 0.29) is 23.8 Å². The Morgan fingerprint density at radius 2 is 1.93 bits per heavy atom. The maximum Gasteiger partial charge on any atom is 0.228 e. The maximum absolute atomic E-state index is 13.4. The molecule has 0 unspecified atom stereocenters. The van der Waals surface area contributed by atoms with Crippen molar-refractivity contribution in [2.45, 2.75) is 18.9 Å². The van der Waals surface area contributed by atoms with E-state index in [2.05, 4.69) is 11.9 Å². The number of carbonyl (C=O) groups excluding carboxylic acids is 2. The van der Waals surface area contributed by atoms with Crippen LogP contribution >= 0.6 is 11.6 Å². The normalized spacial score (nSPS) is 24.3. The molecule has 2 heterocycles. The number of likely N-dealkylation sites (N-methyl/N-ethyl adjacent to an activating group) is 1. The van der Waals surface area contributed by atoms with Crippen molar-refractivity contribution >= 4 is 23.4 Å². The van der Waals surface area contributed by atoms with Gasteiger partial charge in [-0.3, -0.25) is 9.59 Å². The van der Waals surface area contributed by atoms with Crippen molar-refractivity contribution in [3.8, 4) is 0 Å². The number of hydrogen-bond donors (Lipinski definition) is 0. The minimum absolute atomic E-state index is 0.0550. The summed E-state index contributed by atoms with van der Waals surface area (Å²) in [4.78, 5) is 32.0. The highest BCUT2D eigenvalue weighted by molar-refractivity contribution is 6.31. The van der Waals surface area contributed by atoms with Gasteiger partial charge in [-0.1, -0.05) is 29.8 Å². The first-order chi connectivity index (χ1) is 13.0. The van der Waals surface area contributed by atoms with Crippen LogP contribution in [0.15, 0.2) is 24.3 Å². The summed E-state index contributed by atoms with van der Waals surface area (Å²) in [7, 11) is 3.69. The smallest absolute Gasteiger partial charge is 0.228 e. The van der Waals surface area contributed by atoms with Crippen molar-refractivity contribution in [3.63, 3.8) is 0 Å². The van der Waals surface area contributed by atoms with Crippen molar-refractivity contribution < 1.29 is 14.3 Å². The number of nitrogens with zero attached hydrogens (tertiary/aromatic N) is 3. The molecule has 0 radical (unpaired) electrons. The van der Waals surface area contributed by atoms with Gasteiger partial charge in [0.25, 0.3) is 0 Å². The fraction of sp³-hybridized carbons (Fsp3) is 0.600. The summed E-state index contributed by atoms with van der Waals surface area (Å²) in [6.07, 6.45) is 0.943. The third-order valence-electron chi connectivity index (χ3n) is 5.60. The number of ether oxygens (including phenoxy) is 1. The molecule has 2 atom stereocenters. The number of piperazine rings is 1. The summed E-state index contributed by atoms with van der Waals surface area (Å²) >= 11 is 6.48. The van der Waals surface area contributed by atoms with Gasteiger partial charge < -0.3 is 19.4 Å². The van der Waals surface area contributed by atoms with Crippen LogP contribution in [0.2, 0.25) is 5.02 Å². The van der Waals surface area contributed by atoms with E-state index in [4.69, 9.17) is 16.3 Å². The molecule has 0 aliphatic carbocycles. The Labute approximate surface area is 166 Å². The molecule has 1 aromatic rings. The number of rotatable bonds is 5. The topological polar surface area (TPSA) is 53.1 Å². The molecule has 27 heavy (non-hydrogen) atoms. The second-order valence-corrected chi connectivity index (χ2v) is 7.73. The van der Waals surface area contributed by atoms with Gasteiger partial charge >= 0.3 is 0 Å². The average Bonchev–Trinajstić information content (AvgIpc) is 2.67. The van der Waals surface area contributed by atoms with E-state index in [1.807, 2.05) is 29.2 Å². The van der Waals surface area contributed by atoms with E-state index in [0.29, 0.717) is 31.0 Å². The lowest BCUT2D eigenvalue weighted by molar-refractivity contribution is -0.149. The number of methoxy groups -OCH3 is 1. The maximum atomic E-state index is 13.4. The van der Waals surface area contributed by atoms with Crippen molar-refractivity contribution in [1.29, 1.82) is 0 Å². The van der Waals surface area contributed by atoms with Gasteiger partial charge in [-0.25, -0.2) is 0 Å². The molecule has 3 rings (SSSR count). The van der Waals surface area contributed by atoms with Crippen LogP contribution < -0.4 is 0 Å². The zero-order chi connectivity index (χ0) is 19.4. The van der Waals surface area contributed by atoms with Crippen molar-refractivity contribution in [1.82, 2.24) is 14.7 Å². The predicted molar refractivity (Wildman–Crippen MR) is 105 cm³/mol. The Bertz CT molecular complexity index is 676. The van der Waals surface area contributed by atoms with E-state index in [9.17, 15) is 9.59 Å². The van der Waals surface area contributed by atoms with E-state index in [0.717, 1.165) is 31.7 Å². The summed E-state index contributed by atoms with van der Waals surface area (Å²) in [5.74, 6) is -0.0924. The van der Waals surface area contributed by atoms with Gasteiger partial charge in [0, 0.05) is 51.3 Å². The number of benzene rings is 1. The fourth-order valence-corrected chi connectivity index (χ4v) is 4.27. The summed E-state index contributed by atoms with van der Waals surface area (Å²) in [5.41, 5.74) is 0.843. The number of piperidine rings is 1. The van der Waals surface area contributed by atoms with E-state index >= 15 is 0 Å². The molecule has 2 fully saturated rings. The second-order valence-electron chi connectivity index (χ2n) is 7.32. The predicted octanol–water partition coefficient (Wildman–Crippen LogP) is 2.04. The van der Waals surface area contributed by atoms with Gasteiger partial charge in [0.15, 0.2) is 0 Å². The largest absolute Gasteiger partial charge is 0.383 e. The third-order valence-corrected chi connectivity index (χ3v) is 5.94. The van der Waals surface area contributed by atoms with Crippen LogP contribution in [0.25, 0.3) is 0 Å². The summed E-state index contributed by atoms with van der Waals surface area (Å²) in [5, 5.41) is 0.593. The Kier molecular flexibility index (Phi) is 6.73. The Morgan fingerprint density at radius 3 is 2.59 bits per heavy atom. The van der Waals surface area contributed by atoms with Crippen LogP contribution in [0.1, 0.15) is 24.4 Å². The first kappa shape index (κ1) is 20.1. The SMILES string of the molecule is COCCN1C(=O)CC[C@@H](C(=O)N2CCN(C)CC2)[C@@H]1c1ccccc1Cl. The van der Waals surface area contributed by atoms with Crippen LogP contribution in [-0.4, -0.2) is 80.0 Å². The number of amides is 2. The molecule has 0 spiro atoms. The van der Waals surface area contributed by atoms with Crippen LogP contribution in [-0.2, 0) is 14.3 Å². The molecule has 0 N–H and O–H groups in total. The zero-order valence-electron chi connectivity index (χ0n) is 16.1. The molecule has 0 saturated carbocycles. The Hall–Kier alpha value is -1.63. The molecule has 6 nitrogen and oxygen atoms in total. The molecule has 2 aliphatic rings. The van der Waals surface area contributed by atoms with E-state index in [1.165, 1.54) is 0 Å². The first-order valence-corrected chi connectivity index (χ1v) is 9.91. The minimum Gasteiger partial charge on any atom is -0.383 e. The van der Waals surface area contributed by atoms with Gasteiger partial charge in [0.2, 0.25) is 11.8 Å².